The molecule has 6 nitrogen and oxygen atoms in total. The van der Waals surface area contributed by atoms with Crippen molar-refractivity contribution in [3.63, 3.8) is 0 Å². The smallest absolute Gasteiger partial charge is 0.157 e. The summed E-state index contributed by atoms with van der Waals surface area (Å²) in [7, 11) is 0. The molecule has 4 N–H and O–H groups in total. The summed E-state index contributed by atoms with van der Waals surface area (Å²) in [6.45, 7) is 4.43. The monoisotopic (exact) mass is 427 g/mol. The number of hydrogen-bond acceptors (Lipinski definition) is 5. The number of aliphatic hydroxyl groups is 1. The Morgan fingerprint density at radius 2 is 2.28 bits per heavy atom. The van der Waals surface area contributed by atoms with Gasteiger partial charge in [0.15, 0.2) is 5.60 Å². The van der Waals surface area contributed by atoms with Gasteiger partial charge in [-0.15, -0.1) is 11.3 Å². The van der Waals surface area contributed by atoms with E-state index in [4.69, 9.17) is 22.5 Å². The maximum atomic E-state index is 10.8. The van der Waals surface area contributed by atoms with Crippen LogP contribution in [0.4, 0.5) is 5.69 Å². The predicted molar refractivity (Wildman–Crippen MR) is 118 cm³/mol. The highest BCUT2D eigenvalue weighted by atomic mass is 35.5. The highest BCUT2D eigenvalue weighted by Gasteiger charge is 2.25. The maximum absolute atomic E-state index is 10.8. The molecule has 2 heterocycles. The summed E-state index contributed by atoms with van der Waals surface area (Å²) >= 11 is 7.64. The van der Waals surface area contributed by atoms with Crippen LogP contribution in [0.15, 0.2) is 46.1 Å². The lowest BCUT2D eigenvalue weighted by atomic mass is 10.0. The number of rotatable bonds is 5. The number of fused-ring (bicyclic) bond motifs is 1. The van der Waals surface area contributed by atoms with Gasteiger partial charge in [-0.25, -0.2) is 0 Å². The molecule has 0 saturated carbocycles. The summed E-state index contributed by atoms with van der Waals surface area (Å²) in [5.41, 5.74) is 11.8. The highest BCUT2D eigenvalue weighted by Crippen LogP contribution is 2.31. The van der Waals surface area contributed by atoms with Crippen molar-refractivity contribution >= 4 is 34.5 Å². The van der Waals surface area contributed by atoms with Gasteiger partial charge in [-0.05, 0) is 54.5 Å². The van der Waals surface area contributed by atoms with Crippen molar-refractivity contribution in [2.24, 2.45) is 5.22 Å². The Morgan fingerprint density at radius 3 is 2.97 bits per heavy atom. The molecule has 0 amide bonds. The Labute approximate surface area is 179 Å². The van der Waals surface area contributed by atoms with Gasteiger partial charge >= 0.3 is 0 Å². The van der Waals surface area contributed by atoms with Crippen LogP contribution in [0.2, 0.25) is 0 Å². The molecular weight excluding hydrogens is 406 g/mol. The van der Waals surface area contributed by atoms with Crippen molar-refractivity contribution in [1.82, 2.24) is 5.43 Å². The summed E-state index contributed by atoms with van der Waals surface area (Å²) in [6.07, 6.45) is 3.04. The first-order chi connectivity index (χ1) is 13.9. The second kappa shape index (κ2) is 8.78. The Hall–Kier alpha value is -2.66. The lowest BCUT2D eigenvalue weighted by Gasteiger charge is -2.20. The molecule has 1 aromatic carbocycles. The highest BCUT2D eigenvalue weighted by molar-refractivity contribution is 7.10. The van der Waals surface area contributed by atoms with Crippen LogP contribution in [0.25, 0.3) is 0 Å². The fourth-order valence-electron chi connectivity index (χ4n) is 3.05. The molecule has 0 aliphatic carbocycles. The van der Waals surface area contributed by atoms with Crippen molar-refractivity contribution < 1.29 is 5.11 Å². The lowest BCUT2D eigenvalue weighted by molar-refractivity contribution is 0.126. The second-order valence-electron chi connectivity index (χ2n) is 6.82. The zero-order valence-electron chi connectivity index (χ0n) is 16.2. The predicted octanol–water partition coefficient (Wildman–Crippen LogP) is 4.53. The van der Waals surface area contributed by atoms with Gasteiger partial charge in [0.1, 0.15) is 10.9 Å². The van der Waals surface area contributed by atoms with Crippen molar-refractivity contribution in [2.75, 3.05) is 11.4 Å². The van der Waals surface area contributed by atoms with E-state index in [0.717, 1.165) is 34.5 Å². The first kappa shape index (κ1) is 21.1. The molecule has 0 bridgehead atoms. The number of anilines is 1. The molecule has 0 spiro atoms. The van der Waals surface area contributed by atoms with Crippen LogP contribution in [0.1, 0.15) is 35.4 Å². The van der Waals surface area contributed by atoms with Gasteiger partial charge in [0, 0.05) is 28.9 Å². The molecule has 29 heavy (non-hydrogen) atoms. The van der Waals surface area contributed by atoms with E-state index in [1.165, 1.54) is 23.1 Å². The van der Waals surface area contributed by atoms with E-state index >= 15 is 0 Å². The van der Waals surface area contributed by atoms with Gasteiger partial charge in [0.25, 0.3) is 0 Å². The molecule has 1 unspecified atom stereocenters. The Bertz CT molecular complexity index is 1030. The minimum absolute atomic E-state index is 0.129. The largest absolute Gasteiger partial charge is 0.373 e. The topological polar surface area (TPSA) is 95.6 Å². The third-order valence-electron chi connectivity index (χ3n) is 4.72. The van der Waals surface area contributed by atoms with E-state index in [0.29, 0.717) is 6.54 Å². The minimum atomic E-state index is -1.22. The molecule has 8 heteroatoms. The van der Waals surface area contributed by atoms with Crippen LogP contribution in [0.3, 0.4) is 0 Å². The standard InChI is InChI=1S/C21H22ClN5OS/c1-3-14-11-19(29-13-14)21(2,28)8-6-15-4-5-16-7-9-27(18(16)10-15)20(23)17(22)12-25-26-24/h4-5,10-13,23,28H,3,7,9H2,1-2H3,(H2,24,25)/b17-12+,23-20?. The maximum Gasteiger partial charge on any atom is 0.157 e. The van der Waals surface area contributed by atoms with Crippen LogP contribution in [0, 0.1) is 22.8 Å². The lowest BCUT2D eigenvalue weighted by Crippen LogP contribution is -2.28. The molecule has 1 aliphatic rings. The normalized spacial score (nSPS) is 15.2. The molecule has 0 radical (unpaired) electrons. The third-order valence-corrected chi connectivity index (χ3v) is 6.20. The van der Waals surface area contributed by atoms with E-state index < -0.39 is 5.60 Å². The number of nitrogens with one attached hydrogen (secondary N) is 3. The molecule has 1 atom stereocenters. The zero-order valence-corrected chi connectivity index (χ0v) is 17.8. The van der Waals surface area contributed by atoms with Crippen molar-refractivity contribution in [3.8, 4) is 11.8 Å². The van der Waals surface area contributed by atoms with Gasteiger partial charge in [-0.3, -0.25) is 10.8 Å². The van der Waals surface area contributed by atoms with E-state index in [2.05, 4.69) is 29.4 Å². The number of amidine groups is 1. The Kier molecular flexibility index (Phi) is 6.38. The SMILES string of the molecule is CCc1csc(C(C)(O)C#Cc2ccc3c(c2)N(C(=N)/C(Cl)=C\NN=N)CC3)c1. The molecule has 0 fully saturated rings. The summed E-state index contributed by atoms with van der Waals surface area (Å²) in [6, 6.07) is 7.84. The summed E-state index contributed by atoms with van der Waals surface area (Å²) in [5.74, 6) is 6.18. The Balaban J connectivity index is 1.85. The van der Waals surface area contributed by atoms with Gasteiger partial charge in [-0.2, -0.15) is 5.53 Å². The Morgan fingerprint density at radius 1 is 1.48 bits per heavy atom. The quantitative estimate of drug-likeness (QED) is 0.185. The van der Waals surface area contributed by atoms with E-state index in [1.54, 1.807) is 11.8 Å². The average Bonchev–Trinajstić information content (AvgIpc) is 3.37. The van der Waals surface area contributed by atoms with Crippen LogP contribution in [-0.2, 0) is 18.4 Å². The molecular formula is C21H22ClN5OS. The van der Waals surface area contributed by atoms with Crippen molar-refractivity contribution in [2.45, 2.75) is 32.3 Å². The summed E-state index contributed by atoms with van der Waals surface area (Å²) in [5, 5.41) is 24.3. The second-order valence-corrected chi connectivity index (χ2v) is 8.14. The van der Waals surface area contributed by atoms with E-state index in [9.17, 15) is 5.11 Å². The van der Waals surface area contributed by atoms with E-state index in [-0.39, 0.29) is 10.9 Å². The molecule has 2 aromatic rings. The zero-order chi connectivity index (χ0) is 21.0. The first-order valence-electron chi connectivity index (χ1n) is 9.16. The van der Waals surface area contributed by atoms with E-state index in [1.807, 2.05) is 29.6 Å². The van der Waals surface area contributed by atoms with Gasteiger partial charge in [0.2, 0.25) is 0 Å². The number of aryl methyl sites for hydroxylation is 1. The fourth-order valence-corrected chi connectivity index (χ4v) is 4.21. The third kappa shape index (κ3) is 4.67. The summed E-state index contributed by atoms with van der Waals surface area (Å²) in [4.78, 5) is 2.63. The van der Waals surface area contributed by atoms with Crippen LogP contribution >= 0.6 is 22.9 Å². The van der Waals surface area contributed by atoms with Crippen LogP contribution in [0.5, 0.6) is 0 Å². The summed E-state index contributed by atoms with van der Waals surface area (Å²) < 4.78 is 0. The van der Waals surface area contributed by atoms with Gasteiger partial charge in [-0.1, -0.05) is 41.7 Å². The molecule has 3 rings (SSSR count). The minimum Gasteiger partial charge on any atom is -0.373 e. The molecule has 1 aliphatic heterocycles. The number of nitrogens with zero attached hydrogens (tertiary/aromatic N) is 2. The molecule has 1 aromatic heterocycles. The first-order valence-corrected chi connectivity index (χ1v) is 10.4. The van der Waals surface area contributed by atoms with Crippen LogP contribution < -0.4 is 10.3 Å². The number of halogens is 1. The fraction of sp³-hybridized carbons (Fsp3) is 0.286. The van der Waals surface area contributed by atoms with Gasteiger partial charge < -0.3 is 10.0 Å². The number of hydrogen-bond donors (Lipinski definition) is 4. The van der Waals surface area contributed by atoms with Crippen LogP contribution in [-0.4, -0.2) is 17.5 Å². The van der Waals surface area contributed by atoms with Crippen molar-refractivity contribution in [3.05, 3.63) is 62.4 Å². The van der Waals surface area contributed by atoms with Gasteiger partial charge in [0.05, 0.1) is 0 Å². The molecule has 0 saturated heterocycles. The number of benzene rings is 1. The number of thiophene rings is 1. The average molecular weight is 428 g/mol. The molecule has 150 valence electrons. The van der Waals surface area contributed by atoms with Crippen molar-refractivity contribution in [1.29, 1.82) is 10.9 Å².